The van der Waals surface area contributed by atoms with Crippen molar-refractivity contribution in [2.45, 2.75) is 30.7 Å². The number of rotatable bonds is 3. The molecular weight excluding hydrogens is 316 g/mol. The topological polar surface area (TPSA) is 80.5 Å². The number of fused-ring (bicyclic) bond motifs is 1. The van der Waals surface area contributed by atoms with Gasteiger partial charge in [0.2, 0.25) is 0 Å². The monoisotopic (exact) mass is 332 g/mol. The van der Waals surface area contributed by atoms with Crippen molar-refractivity contribution >= 4 is 21.4 Å². The van der Waals surface area contributed by atoms with E-state index in [0.717, 1.165) is 12.0 Å². The molecule has 1 aliphatic rings. The van der Waals surface area contributed by atoms with E-state index in [9.17, 15) is 18.5 Å². The van der Waals surface area contributed by atoms with Gasteiger partial charge in [-0.3, -0.25) is 14.4 Å². The third-order valence-corrected chi connectivity index (χ3v) is 6.04. The van der Waals surface area contributed by atoms with Crippen LogP contribution < -0.4 is 4.31 Å². The van der Waals surface area contributed by atoms with Crippen LogP contribution >= 0.6 is 0 Å². The second-order valence-corrected chi connectivity index (χ2v) is 7.33. The number of para-hydroxylation sites is 2. The third kappa shape index (κ3) is 2.57. The van der Waals surface area contributed by atoms with Gasteiger partial charge in [0.25, 0.3) is 15.7 Å². The first-order valence-corrected chi connectivity index (χ1v) is 8.72. The average molecular weight is 332 g/mol. The van der Waals surface area contributed by atoms with Crippen LogP contribution in [-0.4, -0.2) is 19.4 Å². The molecule has 1 heterocycles. The molecule has 0 radical (unpaired) electrons. The number of nitro groups is 1. The number of nitrogens with zero attached hydrogens (tertiary/aromatic N) is 2. The van der Waals surface area contributed by atoms with Gasteiger partial charge in [0.15, 0.2) is 4.90 Å². The zero-order chi connectivity index (χ0) is 16.6. The highest BCUT2D eigenvalue weighted by Gasteiger charge is 2.37. The maximum atomic E-state index is 13.1. The molecule has 3 rings (SSSR count). The summed E-state index contributed by atoms with van der Waals surface area (Å²) in [6.45, 7) is 1.82. The first-order valence-electron chi connectivity index (χ1n) is 7.28. The molecular formula is C16H16N2O4S. The molecule has 0 amide bonds. The lowest BCUT2D eigenvalue weighted by molar-refractivity contribution is -0.387. The van der Waals surface area contributed by atoms with Gasteiger partial charge in [-0.1, -0.05) is 30.3 Å². The number of aryl methyl sites for hydroxylation is 1. The molecule has 0 saturated heterocycles. The minimum atomic E-state index is -4.01. The quantitative estimate of drug-likeness (QED) is 0.639. The highest BCUT2D eigenvalue weighted by molar-refractivity contribution is 7.93. The van der Waals surface area contributed by atoms with Crippen LogP contribution in [0.3, 0.4) is 0 Å². The molecule has 23 heavy (non-hydrogen) atoms. The summed E-state index contributed by atoms with van der Waals surface area (Å²) >= 11 is 0. The molecule has 0 aromatic heterocycles. The van der Waals surface area contributed by atoms with E-state index in [1.165, 1.54) is 28.6 Å². The molecule has 120 valence electrons. The van der Waals surface area contributed by atoms with Crippen LogP contribution in [0.4, 0.5) is 11.4 Å². The van der Waals surface area contributed by atoms with Crippen molar-refractivity contribution in [2.75, 3.05) is 4.31 Å². The highest BCUT2D eigenvalue weighted by atomic mass is 32.2. The second kappa shape index (κ2) is 5.66. The van der Waals surface area contributed by atoms with E-state index < -0.39 is 20.6 Å². The van der Waals surface area contributed by atoms with Crippen LogP contribution in [0, 0.1) is 10.1 Å². The summed E-state index contributed by atoms with van der Waals surface area (Å²) < 4.78 is 27.5. The van der Waals surface area contributed by atoms with Gasteiger partial charge in [0, 0.05) is 12.1 Å². The van der Waals surface area contributed by atoms with E-state index >= 15 is 0 Å². The van der Waals surface area contributed by atoms with Crippen LogP contribution in [-0.2, 0) is 16.4 Å². The number of hydrogen-bond donors (Lipinski definition) is 0. The Morgan fingerprint density at radius 2 is 1.78 bits per heavy atom. The Bertz CT molecular complexity index is 864. The van der Waals surface area contributed by atoms with E-state index in [2.05, 4.69) is 0 Å². The summed E-state index contributed by atoms with van der Waals surface area (Å²) in [6, 6.07) is 12.5. The Labute approximate surface area is 134 Å². The minimum absolute atomic E-state index is 0.255. The summed E-state index contributed by atoms with van der Waals surface area (Å²) in [5.41, 5.74) is 1.14. The Morgan fingerprint density at radius 3 is 2.52 bits per heavy atom. The van der Waals surface area contributed by atoms with E-state index in [1.54, 1.807) is 12.1 Å². The molecule has 2 aromatic rings. The summed E-state index contributed by atoms with van der Waals surface area (Å²) in [7, 11) is -4.01. The SMILES string of the molecule is C[C@@H]1CCc2ccccc2N1S(=O)(=O)c1ccccc1[N+](=O)[O-]. The molecule has 1 atom stereocenters. The molecule has 0 spiro atoms. The Hall–Kier alpha value is -2.41. The predicted molar refractivity (Wildman–Crippen MR) is 87.0 cm³/mol. The van der Waals surface area contributed by atoms with Crippen molar-refractivity contribution in [2.24, 2.45) is 0 Å². The second-order valence-electron chi connectivity index (χ2n) is 5.54. The number of nitro benzene ring substituents is 1. The largest absolute Gasteiger partial charge is 0.289 e. The fourth-order valence-corrected chi connectivity index (χ4v) is 4.84. The summed E-state index contributed by atoms with van der Waals surface area (Å²) in [5.74, 6) is 0. The van der Waals surface area contributed by atoms with Crippen LogP contribution in [0.25, 0.3) is 0 Å². The molecule has 0 saturated carbocycles. The third-order valence-electron chi connectivity index (χ3n) is 4.06. The van der Waals surface area contributed by atoms with Gasteiger partial charge in [-0.05, 0) is 37.5 Å². The first-order chi connectivity index (χ1) is 10.9. The van der Waals surface area contributed by atoms with Crippen molar-refractivity contribution in [1.29, 1.82) is 0 Å². The summed E-state index contributed by atoms with van der Waals surface area (Å²) in [6.07, 6.45) is 1.47. The van der Waals surface area contributed by atoms with E-state index in [-0.39, 0.29) is 10.9 Å². The highest BCUT2D eigenvalue weighted by Crippen LogP contribution is 2.37. The average Bonchev–Trinajstić information content (AvgIpc) is 2.54. The summed E-state index contributed by atoms with van der Waals surface area (Å²) in [5, 5.41) is 11.2. The van der Waals surface area contributed by atoms with E-state index in [4.69, 9.17) is 0 Å². The minimum Gasteiger partial charge on any atom is -0.263 e. The smallest absolute Gasteiger partial charge is 0.263 e. The van der Waals surface area contributed by atoms with Gasteiger partial charge in [0.1, 0.15) is 0 Å². The lowest BCUT2D eigenvalue weighted by Crippen LogP contribution is -2.42. The number of benzene rings is 2. The van der Waals surface area contributed by atoms with Crippen molar-refractivity contribution < 1.29 is 13.3 Å². The zero-order valence-electron chi connectivity index (χ0n) is 12.5. The van der Waals surface area contributed by atoms with Gasteiger partial charge in [0.05, 0.1) is 10.6 Å². The van der Waals surface area contributed by atoms with Crippen LogP contribution in [0.1, 0.15) is 18.9 Å². The maximum absolute atomic E-state index is 13.1. The number of sulfonamides is 1. The van der Waals surface area contributed by atoms with Gasteiger partial charge in [-0.2, -0.15) is 0 Å². The van der Waals surface area contributed by atoms with Crippen molar-refractivity contribution in [3.8, 4) is 0 Å². The van der Waals surface area contributed by atoms with Crippen LogP contribution in [0.2, 0.25) is 0 Å². The Balaban J connectivity index is 2.20. The van der Waals surface area contributed by atoms with Crippen LogP contribution in [0.5, 0.6) is 0 Å². The lowest BCUT2D eigenvalue weighted by Gasteiger charge is -2.35. The van der Waals surface area contributed by atoms with Gasteiger partial charge in [-0.15, -0.1) is 0 Å². The summed E-state index contributed by atoms with van der Waals surface area (Å²) in [4.78, 5) is 10.3. The van der Waals surface area contributed by atoms with Crippen molar-refractivity contribution in [1.82, 2.24) is 0 Å². The number of anilines is 1. The molecule has 0 N–H and O–H groups in total. The Kier molecular flexibility index (Phi) is 3.81. The molecule has 0 fully saturated rings. The fraction of sp³-hybridized carbons (Fsp3) is 0.250. The van der Waals surface area contributed by atoms with Crippen molar-refractivity contribution in [3.63, 3.8) is 0 Å². The lowest BCUT2D eigenvalue weighted by atomic mass is 9.99. The normalized spacial score (nSPS) is 17.6. The zero-order valence-corrected chi connectivity index (χ0v) is 13.4. The Morgan fingerprint density at radius 1 is 1.13 bits per heavy atom. The molecule has 1 aliphatic heterocycles. The molecule has 0 bridgehead atoms. The molecule has 0 unspecified atom stereocenters. The number of hydrogen-bond acceptors (Lipinski definition) is 4. The first kappa shape index (κ1) is 15.5. The molecule has 6 nitrogen and oxygen atoms in total. The van der Waals surface area contributed by atoms with Crippen LogP contribution in [0.15, 0.2) is 53.4 Å². The molecule has 7 heteroatoms. The maximum Gasteiger partial charge on any atom is 0.289 e. The molecule has 0 aliphatic carbocycles. The molecule has 2 aromatic carbocycles. The fourth-order valence-electron chi connectivity index (χ4n) is 2.95. The van der Waals surface area contributed by atoms with E-state index in [0.29, 0.717) is 12.1 Å². The standard InChI is InChI=1S/C16H16N2O4S/c1-12-10-11-13-6-2-3-7-14(13)17(12)23(21,22)16-9-5-4-8-15(16)18(19)20/h2-9,12H,10-11H2,1H3/t12-/m1/s1. The van der Waals surface area contributed by atoms with E-state index in [1.807, 2.05) is 19.1 Å². The van der Waals surface area contributed by atoms with Gasteiger partial charge < -0.3 is 0 Å². The van der Waals surface area contributed by atoms with Crippen molar-refractivity contribution in [3.05, 3.63) is 64.2 Å². The van der Waals surface area contributed by atoms with Gasteiger partial charge >= 0.3 is 0 Å². The van der Waals surface area contributed by atoms with Gasteiger partial charge in [-0.25, -0.2) is 8.42 Å². The predicted octanol–water partition coefficient (Wildman–Crippen LogP) is 3.12.